The molecule has 8 heteroatoms. The zero-order chi connectivity index (χ0) is 18.0. The van der Waals surface area contributed by atoms with Gasteiger partial charge in [0.1, 0.15) is 5.57 Å². The van der Waals surface area contributed by atoms with E-state index in [1.54, 1.807) is 0 Å². The molecule has 3 rings (SSSR count). The van der Waals surface area contributed by atoms with Crippen LogP contribution >= 0.6 is 0 Å². The van der Waals surface area contributed by atoms with Gasteiger partial charge in [-0.05, 0) is 36.6 Å². The van der Waals surface area contributed by atoms with Gasteiger partial charge in [0.2, 0.25) is 0 Å². The van der Waals surface area contributed by atoms with Gasteiger partial charge in [-0.3, -0.25) is 29.9 Å². The molecule has 1 heterocycles. The average molecular weight is 343 g/mol. The van der Waals surface area contributed by atoms with Crippen LogP contribution in [0.25, 0.3) is 6.08 Å². The van der Waals surface area contributed by atoms with Crippen LogP contribution in [0.3, 0.4) is 0 Å². The highest BCUT2D eigenvalue weighted by Crippen LogP contribution is 2.26. The third kappa shape index (κ3) is 3.42. The number of nitro groups is 1. The number of nitrogens with zero attached hydrogens (tertiary/aromatic N) is 2. The first-order chi connectivity index (χ1) is 12.0. The Morgan fingerprint density at radius 1 is 1.08 bits per heavy atom. The molecule has 25 heavy (non-hydrogen) atoms. The van der Waals surface area contributed by atoms with Crippen LogP contribution in [0.15, 0.2) is 29.8 Å². The van der Waals surface area contributed by atoms with E-state index in [1.807, 2.05) is 0 Å². The summed E-state index contributed by atoms with van der Waals surface area (Å²) in [6.07, 6.45) is 5.78. The highest BCUT2D eigenvalue weighted by Gasteiger charge is 2.40. The molecule has 130 valence electrons. The van der Waals surface area contributed by atoms with Crippen LogP contribution in [0.1, 0.15) is 37.7 Å². The lowest BCUT2D eigenvalue weighted by Crippen LogP contribution is -2.58. The van der Waals surface area contributed by atoms with E-state index in [4.69, 9.17) is 0 Å². The quantitative estimate of drug-likeness (QED) is 0.392. The Hall–Kier alpha value is -3.03. The summed E-state index contributed by atoms with van der Waals surface area (Å²) < 4.78 is 0. The van der Waals surface area contributed by atoms with E-state index in [0.29, 0.717) is 5.56 Å². The highest BCUT2D eigenvalue weighted by atomic mass is 16.6. The topological polar surface area (TPSA) is 110 Å². The van der Waals surface area contributed by atoms with Crippen molar-refractivity contribution in [1.82, 2.24) is 10.2 Å². The van der Waals surface area contributed by atoms with Crippen molar-refractivity contribution in [2.24, 2.45) is 0 Å². The van der Waals surface area contributed by atoms with Crippen molar-refractivity contribution in [2.45, 2.75) is 38.1 Å². The van der Waals surface area contributed by atoms with E-state index in [1.165, 1.54) is 30.3 Å². The minimum atomic E-state index is -0.750. The van der Waals surface area contributed by atoms with E-state index in [9.17, 15) is 24.5 Å². The lowest BCUT2D eigenvalue weighted by atomic mass is 9.93. The highest BCUT2D eigenvalue weighted by molar-refractivity contribution is 6.31. The molecular formula is C17H17N3O5. The van der Waals surface area contributed by atoms with E-state index >= 15 is 0 Å². The number of barbiturate groups is 1. The molecule has 1 aliphatic heterocycles. The normalized spacial score (nSPS) is 20.7. The number of hydrogen-bond acceptors (Lipinski definition) is 5. The Bertz CT molecular complexity index is 763. The molecular weight excluding hydrogens is 326 g/mol. The number of urea groups is 1. The first-order valence-corrected chi connectivity index (χ1v) is 8.12. The fourth-order valence-electron chi connectivity index (χ4n) is 3.20. The van der Waals surface area contributed by atoms with Crippen LogP contribution in [0.5, 0.6) is 0 Å². The molecule has 2 fully saturated rings. The van der Waals surface area contributed by atoms with E-state index < -0.39 is 22.8 Å². The predicted octanol–water partition coefficient (Wildman–Crippen LogP) is 2.39. The number of nitrogens with one attached hydrogen (secondary N) is 1. The molecule has 0 aromatic heterocycles. The van der Waals surface area contributed by atoms with Gasteiger partial charge in [-0.1, -0.05) is 19.3 Å². The molecule has 1 N–H and O–H groups in total. The number of carbonyl (C=O) groups excluding carboxylic acids is 3. The first kappa shape index (κ1) is 16.8. The Balaban J connectivity index is 1.88. The molecule has 0 bridgehead atoms. The van der Waals surface area contributed by atoms with E-state index in [-0.39, 0.29) is 17.3 Å². The first-order valence-electron chi connectivity index (χ1n) is 8.12. The number of non-ortho nitro benzene ring substituents is 1. The van der Waals surface area contributed by atoms with Crippen molar-refractivity contribution in [2.75, 3.05) is 0 Å². The third-order valence-corrected chi connectivity index (χ3v) is 4.49. The molecule has 1 saturated heterocycles. The summed E-state index contributed by atoms with van der Waals surface area (Å²) in [4.78, 5) is 48.2. The SMILES string of the molecule is O=C1NC(=O)N(C2CCCCC2)C(=O)/C1=C/c1ccc([N+](=O)[O-])cc1. The minimum Gasteiger partial charge on any atom is -0.273 e. The molecule has 4 amide bonds. The molecule has 0 atom stereocenters. The van der Waals surface area contributed by atoms with Crippen molar-refractivity contribution in [3.05, 3.63) is 45.5 Å². The Morgan fingerprint density at radius 3 is 2.32 bits per heavy atom. The van der Waals surface area contributed by atoms with Crippen LogP contribution < -0.4 is 5.32 Å². The second kappa shape index (κ2) is 6.84. The van der Waals surface area contributed by atoms with Crippen LogP contribution in [-0.2, 0) is 9.59 Å². The third-order valence-electron chi connectivity index (χ3n) is 4.49. The number of benzene rings is 1. The molecule has 1 aromatic carbocycles. The lowest BCUT2D eigenvalue weighted by molar-refractivity contribution is -0.384. The summed E-state index contributed by atoms with van der Waals surface area (Å²) in [5.74, 6) is -1.36. The largest absolute Gasteiger partial charge is 0.331 e. The molecule has 2 aliphatic rings. The smallest absolute Gasteiger partial charge is 0.273 e. The van der Waals surface area contributed by atoms with Gasteiger partial charge < -0.3 is 0 Å². The maximum absolute atomic E-state index is 12.7. The summed E-state index contributed by atoms with van der Waals surface area (Å²) in [7, 11) is 0. The number of rotatable bonds is 3. The van der Waals surface area contributed by atoms with Crippen LogP contribution in [-0.4, -0.2) is 33.7 Å². The standard InChI is InChI=1S/C17H17N3O5/c21-15-14(10-11-6-8-13(9-7-11)20(24)25)16(22)19(17(23)18-15)12-4-2-1-3-5-12/h6-10,12H,1-5H2,(H,18,21,23)/b14-10+. The van der Waals surface area contributed by atoms with Crippen LogP contribution in [0.4, 0.5) is 10.5 Å². The number of imide groups is 2. The van der Waals surface area contributed by atoms with Gasteiger partial charge in [0.25, 0.3) is 17.5 Å². The summed E-state index contributed by atoms with van der Waals surface area (Å²) in [6.45, 7) is 0. The number of carbonyl (C=O) groups is 3. The van der Waals surface area contributed by atoms with E-state index in [0.717, 1.165) is 37.0 Å². The zero-order valence-corrected chi connectivity index (χ0v) is 13.4. The predicted molar refractivity (Wildman–Crippen MR) is 88.3 cm³/mol. The fourth-order valence-corrected chi connectivity index (χ4v) is 3.20. The van der Waals surface area contributed by atoms with Gasteiger partial charge in [-0.25, -0.2) is 4.79 Å². The number of nitro benzene ring substituents is 1. The number of hydrogen-bond donors (Lipinski definition) is 1. The van der Waals surface area contributed by atoms with Gasteiger partial charge in [-0.15, -0.1) is 0 Å². The summed E-state index contributed by atoms with van der Waals surface area (Å²) in [5, 5.41) is 12.9. The van der Waals surface area contributed by atoms with Gasteiger partial charge in [-0.2, -0.15) is 0 Å². The molecule has 0 radical (unpaired) electrons. The fraction of sp³-hybridized carbons (Fsp3) is 0.353. The molecule has 0 unspecified atom stereocenters. The maximum Gasteiger partial charge on any atom is 0.331 e. The Labute approximate surface area is 143 Å². The van der Waals surface area contributed by atoms with E-state index in [2.05, 4.69) is 5.32 Å². The maximum atomic E-state index is 12.7. The van der Waals surface area contributed by atoms with Gasteiger partial charge >= 0.3 is 6.03 Å². The monoisotopic (exact) mass is 343 g/mol. The van der Waals surface area contributed by atoms with Crippen molar-refractivity contribution in [3.8, 4) is 0 Å². The summed E-state index contributed by atoms with van der Waals surface area (Å²) in [6, 6.07) is 4.61. The van der Waals surface area contributed by atoms with Crippen LogP contribution in [0, 0.1) is 10.1 Å². The average Bonchev–Trinajstić information content (AvgIpc) is 2.60. The Morgan fingerprint density at radius 2 is 1.72 bits per heavy atom. The van der Waals surface area contributed by atoms with Gasteiger partial charge in [0.15, 0.2) is 0 Å². The van der Waals surface area contributed by atoms with Gasteiger partial charge in [0.05, 0.1) is 4.92 Å². The van der Waals surface area contributed by atoms with Crippen molar-refractivity contribution < 1.29 is 19.3 Å². The number of amides is 4. The Kier molecular flexibility index (Phi) is 4.60. The lowest BCUT2D eigenvalue weighted by Gasteiger charge is -2.35. The molecule has 1 aliphatic carbocycles. The van der Waals surface area contributed by atoms with Crippen molar-refractivity contribution in [3.63, 3.8) is 0 Å². The van der Waals surface area contributed by atoms with Crippen LogP contribution in [0.2, 0.25) is 0 Å². The minimum absolute atomic E-state index is 0.0828. The van der Waals surface area contributed by atoms with Gasteiger partial charge in [0, 0.05) is 18.2 Å². The molecule has 8 nitrogen and oxygen atoms in total. The van der Waals surface area contributed by atoms with Crippen molar-refractivity contribution >= 4 is 29.6 Å². The zero-order valence-electron chi connectivity index (χ0n) is 13.4. The molecule has 0 spiro atoms. The summed E-state index contributed by atoms with van der Waals surface area (Å²) >= 11 is 0. The summed E-state index contributed by atoms with van der Waals surface area (Å²) in [5.41, 5.74) is 0.252. The molecule has 1 saturated carbocycles. The van der Waals surface area contributed by atoms with Crippen molar-refractivity contribution in [1.29, 1.82) is 0 Å². The second-order valence-electron chi connectivity index (χ2n) is 6.13. The second-order valence-corrected chi connectivity index (χ2v) is 6.13. The molecule has 1 aromatic rings.